The molecule has 1 aromatic rings. The lowest BCUT2D eigenvalue weighted by Gasteiger charge is -2.01. The van der Waals surface area contributed by atoms with Crippen LogP contribution in [-0.2, 0) is 21.7 Å². The fraction of sp³-hybridized carbons (Fsp3) is 0.556. The van der Waals surface area contributed by atoms with Gasteiger partial charge in [0.05, 0.1) is 12.3 Å². The third kappa shape index (κ3) is 1.62. The Hall–Kier alpha value is -1.03. The molecule has 0 saturated heterocycles. The lowest BCUT2D eigenvalue weighted by molar-refractivity contribution is 0.184. The molecule has 1 saturated carbocycles. The van der Waals surface area contributed by atoms with Crippen LogP contribution in [0.3, 0.4) is 0 Å². The molecule has 74 valence electrons. The summed E-state index contributed by atoms with van der Waals surface area (Å²) in [7, 11) is 1.64. The molecule has 0 radical (unpaired) electrons. The van der Waals surface area contributed by atoms with Crippen LogP contribution in [0, 0.1) is 0 Å². The van der Waals surface area contributed by atoms with E-state index in [1.54, 1.807) is 24.5 Å². The Labute approximate surface area is 85.6 Å². The van der Waals surface area contributed by atoms with Crippen LogP contribution < -0.4 is 0 Å². The van der Waals surface area contributed by atoms with Crippen LogP contribution in [-0.4, -0.2) is 18.2 Å². The molecule has 5 heteroatoms. The van der Waals surface area contributed by atoms with E-state index in [0.29, 0.717) is 6.61 Å². The van der Waals surface area contributed by atoms with Gasteiger partial charge >= 0.3 is 0 Å². The molecule has 0 aromatic carbocycles. The molecule has 1 fully saturated rings. The first-order valence-electron chi connectivity index (χ1n) is 4.33. The highest BCUT2D eigenvalue weighted by Gasteiger charge is 2.46. The van der Waals surface area contributed by atoms with E-state index < -0.39 is 0 Å². The molecule has 2 rings (SSSR count). The van der Waals surface area contributed by atoms with Crippen LogP contribution in [0.2, 0.25) is 0 Å². The van der Waals surface area contributed by atoms with Gasteiger partial charge in [-0.3, -0.25) is 0 Å². The van der Waals surface area contributed by atoms with Gasteiger partial charge in [-0.25, -0.2) is 9.78 Å². The van der Waals surface area contributed by atoms with Crippen LogP contribution in [0.4, 0.5) is 0 Å². The van der Waals surface area contributed by atoms with Crippen LogP contribution in [0.1, 0.15) is 23.5 Å². The van der Waals surface area contributed by atoms with Crippen LogP contribution in [0.5, 0.6) is 0 Å². The van der Waals surface area contributed by atoms with E-state index in [2.05, 4.69) is 9.98 Å². The number of nitrogens with zero attached hydrogens (tertiary/aromatic N) is 2. The summed E-state index contributed by atoms with van der Waals surface area (Å²) in [6, 6.07) is 0. The number of hydrogen-bond acceptors (Lipinski definition) is 5. The number of methoxy groups -OCH3 is 1. The molecule has 1 heterocycles. The monoisotopic (exact) mass is 210 g/mol. The van der Waals surface area contributed by atoms with Gasteiger partial charge in [-0.05, 0) is 12.8 Å². The predicted molar refractivity (Wildman–Crippen MR) is 51.9 cm³/mol. The summed E-state index contributed by atoms with van der Waals surface area (Å²) < 4.78 is 4.97. The molecule has 1 aliphatic rings. The molecular formula is C9H10N2O2S. The maximum absolute atomic E-state index is 10.2. The van der Waals surface area contributed by atoms with Gasteiger partial charge in [0.15, 0.2) is 0 Å². The van der Waals surface area contributed by atoms with Gasteiger partial charge in [0.2, 0.25) is 6.08 Å². The molecule has 0 atom stereocenters. The maximum Gasteiger partial charge on any atom is 0.235 e. The molecular weight excluding hydrogens is 200 g/mol. The minimum absolute atomic E-state index is 0.343. The molecule has 0 unspecified atom stereocenters. The number of aromatic nitrogens is 1. The first-order chi connectivity index (χ1) is 6.80. The van der Waals surface area contributed by atoms with E-state index in [4.69, 9.17) is 4.74 Å². The van der Waals surface area contributed by atoms with Gasteiger partial charge in [0.1, 0.15) is 10.5 Å². The van der Waals surface area contributed by atoms with Crippen molar-refractivity contribution in [3.8, 4) is 0 Å². The van der Waals surface area contributed by atoms with E-state index in [1.165, 1.54) is 0 Å². The second-order valence-corrected chi connectivity index (χ2v) is 4.24. The Kier molecular flexibility index (Phi) is 2.46. The van der Waals surface area contributed by atoms with Crippen molar-refractivity contribution in [2.45, 2.75) is 25.0 Å². The number of carbonyl (C=O) groups excluding carboxylic acids is 1. The number of aliphatic imine (C=N–C) groups is 1. The van der Waals surface area contributed by atoms with Crippen molar-refractivity contribution < 1.29 is 9.53 Å². The van der Waals surface area contributed by atoms with Crippen molar-refractivity contribution in [3.05, 3.63) is 16.1 Å². The average Bonchev–Trinajstić information content (AvgIpc) is 2.79. The summed E-state index contributed by atoms with van der Waals surface area (Å²) in [6.45, 7) is 0.519. The third-order valence-corrected chi connectivity index (χ3v) is 3.10. The smallest absolute Gasteiger partial charge is 0.235 e. The molecule has 1 aliphatic carbocycles. The topological polar surface area (TPSA) is 51.6 Å². The molecule has 1 aromatic heterocycles. The normalized spacial score (nSPS) is 17.5. The van der Waals surface area contributed by atoms with Crippen LogP contribution in [0.25, 0.3) is 0 Å². The van der Waals surface area contributed by atoms with Gasteiger partial charge in [-0.2, -0.15) is 4.99 Å². The average molecular weight is 210 g/mol. The molecule has 4 nitrogen and oxygen atoms in total. The van der Waals surface area contributed by atoms with E-state index >= 15 is 0 Å². The van der Waals surface area contributed by atoms with Crippen molar-refractivity contribution >= 4 is 17.4 Å². The van der Waals surface area contributed by atoms with Crippen molar-refractivity contribution in [1.29, 1.82) is 0 Å². The third-order valence-electron chi connectivity index (χ3n) is 2.28. The van der Waals surface area contributed by atoms with E-state index in [0.717, 1.165) is 23.5 Å². The highest BCUT2D eigenvalue weighted by Crippen LogP contribution is 2.49. The first-order valence-corrected chi connectivity index (χ1v) is 5.21. The zero-order chi connectivity index (χ0) is 10.0. The van der Waals surface area contributed by atoms with Gasteiger partial charge < -0.3 is 4.74 Å². The van der Waals surface area contributed by atoms with Crippen molar-refractivity contribution in [1.82, 2.24) is 4.98 Å². The largest absolute Gasteiger partial charge is 0.378 e. The molecule has 0 aliphatic heterocycles. The van der Waals surface area contributed by atoms with Crippen LogP contribution in [0.15, 0.2) is 10.4 Å². The Morgan fingerprint density at radius 2 is 2.57 bits per heavy atom. The minimum Gasteiger partial charge on any atom is -0.378 e. The Morgan fingerprint density at radius 3 is 3.14 bits per heavy atom. The summed E-state index contributed by atoms with van der Waals surface area (Å²) in [6.07, 6.45) is 3.42. The molecule has 0 bridgehead atoms. The fourth-order valence-electron chi connectivity index (χ4n) is 1.35. The van der Waals surface area contributed by atoms with E-state index in [1.807, 2.05) is 5.38 Å². The summed E-state index contributed by atoms with van der Waals surface area (Å²) in [4.78, 5) is 18.4. The number of ether oxygens (including phenoxy) is 1. The number of thiazole rings is 1. The second-order valence-electron chi connectivity index (χ2n) is 3.29. The predicted octanol–water partition coefficient (Wildman–Crippen LogP) is 1.61. The molecule has 0 amide bonds. The van der Waals surface area contributed by atoms with Gasteiger partial charge in [0.25, 0.3) is 0 Å². The quantitative estimate of drug-likeness (QED) is 0.560. The maximum atomic E-state index is 10.2. The van der Waals surface area contributed by atoms with Gasteiger partial charge in [-0.1, -0.05) is 0 Å². The SMILES string of the molecule is COCc1nc(C2(N=C=O)CC2)cs1. The number of hydrogen-bond donors (Lipinski definition) is 0. The number of isocyanates is 1. The molecule has 14 heavy (non-hydrogen) atoms. The lowest BCUT2D eigenvalue weighted by Crippen LogP contribution is -2.02. The highest BCUT2D eigenvalue weighted by atomic mass is 32.1. The first kappa shape index (κ1) is 9.52. The van der Waals surface area contributed by atoms with E-state index in [-0.39, 0.29) is 5.54 Å². The summed E-state index contributed by atoms with van der Waals surface area (Å²) in [5.41, 5.74) is 0.544. The number of rotatable bonds is 4. The Bertz CT molecular complexity index is 378. The zero-order valence-corrected chi connectivity index (χ0v) is 8.63. The van der Waals surface area contributed by atoms with Crippen molar-refractivity contribution in [2.24, 2.45) is 4.99 Å². The second kappa shape index (κ2) is 3.61. The Balaban J connectivity index is 2.20. The summed E-state index contributed by atoms with van der Waals surface area (Å²) >= 11 is 1.54. The van der Waals surface area contributed by atoms with E-state index in [9.17, 15) is 4.79 Å². The standard InChI is InChI=1S/C9H10N2O2S/c1-13-4-8-11-7(5-14-8)9(2-3-9)10-6-12/h5H,2-4H2,1H3. The molecule has 0 spiro atoms. The van der Waals surface area contributed by atoms with Crippen molar-refractivity contribution in [2.75, 3.05) is 7.11 Å². The Morgan fingerprint density at radius 1 is 1.79 bits per heavy atom. The fourth-order valence-corrected chi connectivity index (χ4v) is 2.20. The molecule has 0 N–H and O–H groups in total. The van der Waals surface area contributed by atoms with Crippen LogP contribution >= 0.6 is 11.3 Å². The lowest BCUT2D eigenvalue weighted by atomic mass is 10.2. The van der Waals surface area contributed by atoms with Gasteiger partial charge in [-0.15, -0.1) is 11.3 Å². The minimum atomic E-state index is -0.343. The zero-order valence-electron chi connectivity index (χ0n) is 7.82. The van der Waals surface area contributed by atoms with Crippen molar-refractivity contribution in [3.63, 3.8) is 0 Å². The highest BCUT2D eigenvalue weighted by molar-refractivity contribution is 7.09. The van der Waals surface area contributed by atoms with Gasteiger partial charge in [0, 0.05) is 12.5 Å². The summed E-state index contributed by atoms with van der Waals surface area (Å²) in [5, 5.41) is 2.87. The summed E-state index contributed by atoms with van der Waals surface area (Å²) in [5.74, 6) is 0.